The number of carbonyl (C=O) groups is 2. The number of nitrogens with zero attached hydrogens (tertiary/aromatic N) is 2. The topological polar surface area (TPSA) is 80.5 Å². The number of hydrogen-bond donors (Lipinski definition) is 0. The third-order valence-corrected chi connectivity index (χ3v) is 6.17. The van der Waals surface area contributed by atoms with Gasteiger partial charge in [-0.1, -0.05) is 40.9 Å². The Kier molecular flexibility index (Phi) is 4.34. The molecule has 0 saturated heterocycles. The zero-order valence-electron chi connectivity index (χ0n) is 14.5. The Morgan fingerprint density at radius 1 is 1.00 bits per heavy atom. The Morgan fingerprint density at radius 2 is 1.63 bits per heavy atom. The summed E-state index contributed by atoms with van der Waals surface area (Å²) in [5.41, 5.74) is 1.04. The van der Waals surface area contributed by atoms with E-state index in [9.17, 15) is 19.7 Å². The lowest BCUT2D eigenvalue weighted by Gasteiger charge is -2.33. The highest BCUT2D eigenvalue weighted by Gasteiger charge is 2.44. The number of rotatable bonds is 4. The number of nitro benzene ring substituents is 1. The summed E-state index contributed by atoms with van der Waals surface area (Å²) in [6.45, 7) is 0.300. The predicted octanol–water partition coefficient (Wildman–Crippen LogP) is 4.47. The molecule has 2 aliphatic rings. The van der Waals surface area contributed by atoms with E-state index in [-0.39, 0.29) is 28.1 Å². The SMILES string of the molecule is O=C1c2ccc([N+](=O)[O-])cc2C(=O)N1CC1(c2ccc(Br)cc2)CCCC1. The molecule has 0 aromatic heterocycles. The quantitative estimate of drug-likeness (QED) is 0.408. The van der Waals surface area contributed by atoms with E-state index in [4.69, 9.17) is 0 Å². The third-order valence-electron chi connectivity index (χ3n) is 5.64. The zero-order chi connectivity index (χ0) is 19.2. The summed E-state index contributed by atoms with van der Waals surface area (Å²) in [6, 6.07) is 11.9. The molecule has 0 unspecified atom stereocenters. The first-order chi connectivity index (χ1) is 12.9. The maximum absolute atomic E-state index is 12.9. The molecule has 6 nitrogen and oxygen atoms in total. The molecule has 0 N–H and O–H groups in total. The van der Waals surface area contributed by atoms with Gasteiger partial charge in [0, 0.05) is 28.6 Å². The van der Waals surface area contributed by atoms with E-state index in [0.29, 0.717) is 6.54 Å². The van der Waals surface area contributed by atoms with Crippen molar-refractivity contribution in [1.29, 1.82) is 0 Å². The second-order valence-corrected chi connectivity index (χ2v) is 8.09. The number of benzene rings is 2. The molecule has 2 aromatic rings. The molecule has 2 aromatic carbocycles. The Bertz CT molecular complexity index is 949. The number of fused-ring (bicyclic) bond motifs is 1. The van der Waals surface area contributed by atoms with Crippen LogP contribution in [0.5, 0.6) is 0 Å². The van der Waals surface area contributed by atoms with Gasteiger partial charge in [0.05, 0.1) is 16.1 Å². The summed E-state index contributed by atoms with van der Waals surface area (Å²) in [4.78, 5) is 37.4. The Morgan fingerprint density at radius 3 is 2.26 bits per heavy atom. The highest BCUT2D eigenvalue weighted by Crippen LogP contribution is 2.43. The van der Waals surface area contributed by atoms with E-state index in [2.05, 4.69) is 15.9 Å². The van der Waals surface area contributed by atoms with Crippen LogP contribution in [0.25, 0.3) is 0 Å². The van der Waals surface area contributed by atoms with Gasteiger partial charge in [0.25, 0.3) is 17.5 Å². The van der Waals surface area contributed by atoms with Gasteiger partial charge in [-0.3, -0.25) is 24.6 Å². The maximum atomic E-state index is 12.9. The lowest BCUT2D eigenvalue weighted by molar-refractivity contribution is -0.384. The first-order valence-electron chi connectivity index (χ1n) is 8.82. The first-order valence-corrected chi connectivity index (χ1v) is 9.61. The molecule has 2 amide bonds. The number of halogens is 1. The third kappa shape index (κ3) is 2.96. The predicted molar refractivity (Wildman–Crippen MR) is 103 cm³/mol. The number of carbonyl (C=O) groups excluding carboxylic acids is 2. The van der Waals surface area contributed by atoms with Crippen LogP contribution in [0.15, 0.2) is 46.9 Å². The van der Waals surface area contributed by atoms with Crippen molar-refractivity contribution in [1.82, 2.24) is 4.90 Å². The van der Waals surface area contributed by atoms with Gasteiger partial charge < -0.3 is 0 Å². The fraction of sp³-hybridized carbons (Fsp3) is 0.300. The summed E-state index contributed by atoms with van der Waals surface area (Å²) >= 11 is 3.44. The van der Waals surface area contributed by atoms with Gasteiger partial charge in [-0.15, -0.1) is 0 Å². The molecule has 4 rings (SSSR count). The molecular weight excluding hydrogens is 412 g/mol. The summed E-state index contributed by atoms with van der Waals surface area (Å²) in [5.74, 6) is -0.810. The molecule has 1 saturated carbocycles. The minimum Gasteiger partial charge on any atom is -0.273 e. The minimum atomic E-state index is -0.555. The van der Waals surface area contributed by atoms with E-state index in [0.717, 1.165) is 35.7 Å². The van der Waals surface area contributed by atoms with Gasteiger partial charge in [0.1, 0.15) is 0 Å². The number of hydrogen-bond acceptors (Lipinski definition) is 4. The van der Waals surface area contributed by atoms with E-state index in [1.807, 2.05) is 24.3 Å². The van der Waals surface area contributed by atoms with Crippen LogP contribution in [0.3, 0.4) is 0 Å². The average molecular weight is 429 g/mol. The lowest BCUT2D eigenvalue weighted by Crippen LogP contribution is -2.42. The summed E-state index contributed by atoms with van der Waals surface area (Å²) in [7, 11) is 0. The van der Waals surface area contributed by atoms with E-state index < -0.39 is 10.8 Å². The summed E-state index contributed by atoms with van der Waals surface area (Å²) in [5, 5.41) is 11.0. The van der Waals surface area contributed by atoms with Crippen LogP contribution >= 0.6 is 15.9 Å². The van der Waals surface area contributed by atoms with Crippen molar-refractivity contribution >= 4 is 33.4 Å². The Labute approximate surface area is 164 Å². The van der Waals surface area contributed by atoms with Gasteiger partial charge in [0.2, 0.25) is 0 Å². The molecule has 0 radical (unpaired) electrons. The number of non-ortho nitro benzene ring substituents is 1. The van der Waals surface area contributed by atoms with Crippen LogP contribution in [0.2, 0.25) is 0 Å². The van der Waals surface area contributed by atoms with Crippen LogP contribution in [0.1, 0.15) is 52.0 Å². The van der Waals surface area contributed by atoms with Gasteiger partial charge >= 0.3 is 0 Å². The van der Waals surface area contributed by atoms with Crippen LogP contribution in [-0.4, -0.2) is 28.2 Å². The number of nitro groups is 1. The molecule has 1 aliphatic carbocycles. The van der Waals surface area contributed by atoms with E-state index in [1.165, 1.54) is 23.1 Å². The number of imide groups is 1. The second kappa shape index (κ2) is 6.56. The zero-order valence-corrected chi connectivity index (χ0v) is 16.1. The maximum Gasteiger partial charge on any atom is 0.270 e. The van der Waals surface area contributed by atoms with Crippen LogP contribution < -0.4 is 0 Å². The molecule has 0 spiro atoms. The Balaban J connectivity index is 1.69. The van der Waals surface area contributed by atoms with Crippen LogP contribution in [-0.2, 0) is 5.41 Å². The van der Waals surface area contributed by atoms with Crippen molar-refractivity contribution in [2.24, 2.45) is 0 Å². The smallest absolute Gasteiger partial charge is 0.270 e. The molecule has 7 heteroatoms. The largest absolute Gasteiger partial charge is 0.273 e. The van der Waals surface area contributed by atoms with Gasteiger partial charge in [0.15, 0.2) is 0 Å². The molecule has 0 atom stereocenters. The van der Waals surface area contributed by atoms with Crippen molar-refractivity contribution in [3.05, 3.63) is 73.7 Å². The van der Waals surface area contributed by atoms with Crippen LogP contribution in [0, 0.1) is 10.1 Å². The summed E-state index contributed by atoms with van der Waals surface area (Å²) in [6.07, 6.45) is 3.90. The first kappa shape index (κ1) is 17.9. The minimum absolute atomic E-state index is 0.123. The van der Waals surface area contributed by atoms with E-state index >= 15 is 0 Å². The van der Waals surface area contributed by atoms with Gasteiger partial charge in [-0.05, 0) is 36.6 Å². The highest BCUT2D eigenvalue weighted by molar-refractivity contribution is 9.10. The van der Waals surface area contributed by atoms with Crippen molar-refractivity contribution in [2.75, 3.05) is 6.54 Å². The van der Waals surface area contributed by atoms with E-state index in [1.54, 1.807) is 0 Å². The summed E-state index contributed by atoms with van der Waals surface area (Å²) < 4.78 is 0.979. The van der Waals surface area contributed by atoms with Crippen molar-refractivity contribution in [2.45, 2.75) is 31.1 Å². The molecule has 1 heterocycles. The highest BCUT2D eigenvalue weighted by atomic mass is 79.9. The second-order valence-electron chi connectivity index (χ2n) is 7.18. The Hall–Kier alpha value is -2.54. The normalized spacial score (nSPS) is 18.0. The molecule has 27 heavy (non-hydrogen) atoms. The van der Waals surface area contributed by atoms with Crippen molar-refractivity contribution in [3.8, 4) is 0 Å². The van der Waals surface area contributed by atoms with Gasteiger partial charge in [-0.2, -0.15) is 0 Å². The molecular formula is C20H17BrN2O4. The molecule has 1 fully saturated rings. The molecule has 1 aliphatic heterocycles. The fourth-order valence-electron chi connectivity index (χ4n) is 4.23. The van der Waals surface area contributed by atoms with Crippen LogP contribution in [0.4, 0.5) is 5.69 Å². The monoisotopic (exact) mass is 428 g/mol. The average Bonchev–Trinajstić information content (AvgIpc) is 3.22. The molecule has 138 valence electrons. The number of amides is 2. The van der Waals surface area contributed by atoms with Crippen molar-refractivity contribution in [3.63, 3.8) is 0 Å². The lowest BCUT2D eigenvalue weighted by atomic mass is 9.78. The van der Waals surface area contributed by atoms with Crippen molar-refractivity contribution < 1.29 is 14.5 Å². The van der Waals surface area contributed by atoms with Gasteiger partial charge in [-0.25, -0.2) is 0 Å². The fourth-order valence-corrected chi connectivity index (χ4v) is 4.50. The standard InChI is InChI=1S/C20H17BrN2O4/c21-14-5-3-13(4-6-14)20(9-1-2-10-20)12-22-18(24)16-8-7-15(23(26)27)11-17(16)19(22)25/h3-8,11H,1-2,9-10,12H2. The molecule has 0 bridgehead atoms.